The Bertz CT molecular complexity index is 800. The van der Waals surface area contributed by atoms with Crippen molar-refractivity contribution < 1.29 is 18.9 Å². The van der Waals surface area contributed by atoms with Gasteiger partial charge in [-0.2, -0.15) is 0 Å². The number of hydrogen-bond acceptors (Lipinski definition) is 4. The zero-order valence-corrected chi connectivity index (χ0v) is 15.2. The van der Waals surface area contributed by atoms with Gasteiger partial charge < -0.3 is 20.0 Å². The van der Waals surface area contributed by atoms with Crippen LogP contribution in [0.4, 0.5) is 5.69 Å². The van der Waals surface area contributed by atoms with Gasteiger partial charge in [0.15, 0.2) is 11.8 Å². The monoisotopic (exact) mass is 372 g/mol. The highest BCUT2D eigenvalue weighted by molar-refractivity contribution is 8.00. The normalized spacial score (nSPS) is 18.2. The zero-order valence-electron chi connectivity index (χ0n) is 14.4. The molecule has 0 aliphatic carbocycles. The molecule has 0 unspecified atom stereocenters. The molecule has 4 rings (SSSR count). The van der Waals surface area contributed by atoms with Gasteiger partial charge in [-0.1, -0.05) is 0 Å². The molecule has 2 aromatic rings. The number of benzene rings is 1. The van der Waals surface area contributed by atoms with E-state index >= 15 is 0 Å². The summed E-state index contributed by atoms with van der Waals surface area (Å²) < 4.78 is 5.61. The third kappa shape index (κ3) is 3.64. The van der Waals surface area contributed by atoms with Crippen molar-refractivity contribution in [3.63, 3.8) is 0 Å². The van der Waals surface area contributed by atoms with Crippen LogP contribution >= 0.6 is 11.8 Å². The first-order valence-corrected chi connectivity index (χ1v) is 9.92. The third-order valence-electron chi connectivity index (χ3n) is 4.97. The van der Waals surface area contributed by atoms with Crippen LogP contribution in [0.3, 0.4) is 0 Å². The molecule has 1 atom stereocenters. The molecule has 1 saturated heterocycles. The molecule has 136 valence electrons. The van der Waals surface area contributed by atoms with E-state index in [1.165, 1.54) is 29.5 Å². The van der Waals surface area contributed by atoms with E-state index in [0.29, 0.717) is 23.5 Å². The first-order valence-electron chi connectivity index (χ1n) is 8.93. The highest BCUT2D eigenvalue weighted by Gasteiger charge is 2.30. The van der Waals surface area contributed by atoms with E-state index < -0.39 is 0 Å². The number of rotatable bonds is 5. The molecule has 6 nitrogen and oxygen atoms in total. The minimum absolute atomic E-state index is 0.0319. The van der Waals surface area contributed by atoms with Crippen LogP contribution in [0.15, 0.2) is 45.9 Å². The topological polar surface area (TPSA) is 75.8 Å². The molecule has 0 radical (unpaired) electrons. The molecular weight excluding hydrogens is 350 g/mol. The van der Waals surface area contributed by atoms with Gasteiger partial charge in [0.25, 0.3) is 5.91 Å². The van der Waals surface area contributed by atoms with Crippen LogP contribution in [-0.2, 0) is 4.79 Å². The Morgan fingerprint density at radius 2 is 2.15 bits per heavy atom. The van der Waals surface area contributed by atoms with Gasteiger partial charge in [0.05, 0.1) is 37.3 Å². The molecule has 1 aromatic carbocycles. The lowest BCUT2D eigenvalue weighted by molar-refractivity contribution is -0.919. The maximum atomic E-state index is 12.6. The lowest BCUT2D eigenvalue weighted by Gasteiger charge is -2.23. The van der Waals surface area contributed by atoms with Crippen LogP contribution in [0.2, 0.25) is 0 Å². The molecule has 0 saturated carbocycles. The molecule has 3 N–H and O–H groups in total. The summed E-state index contributed by atoms with van der Waals surface area (Å²) in [4.78, 5) is 26.6. The van der Waals surface area contributed by atoms with E-state index in [0.717, 1.165) is 23.7 Å². The van der Waals surface area contributed by atoms with Gasteiger partial charge in [0.2, 0.25) is 5.91 Å². The van der Waals surface area contributed by atoms with Crippen LogP contribution < -0.4 is 15.5 Å². The predicted octanol–water partition coefficient (Wildman–Crippen LogP) is 1.47. The van der Waals surface area contributed by atoms with Crippen molar-refractivity contribution in [1.29, 1.82) is 0 Å². The van der Waals surface area contributed by atoms with Gasteiger partial charge in [-0.25, -0.2) is 0 Å². The van der Waals surface area contributed by atoms with Crippen molar-refractivity contribution in [3.8, 4) is 0 Å². The van der Waals surface area contributed by atoms with E-state index in [9.17, 15) is 9.59 Å². The van der Waals surface area contributed by atoms with E-state index in [1.54, 1.807) is 12.3 Å². The number of fused-ring (bicyclic) bond motifs is 1. The second-order valence-corrected chi connectivity index (χ2v) is 7.71. The summed E-state index contributed by atoms with van der Waals surface area (Å²) in [5.41, 5.74) is 1.27. The Kier molecular flexibility index (Phi) is 4.99. The molecule has 2 aliphatic rings. The molecule has 1 aromatic heterocycles. The van der Waals surface area contributed by atoms with Crippen LogP contribution in [0, 0.1) is 0 Å². The van der Waals surface area contributed by atoms with Crippen molar-refractivity contribution in [2.45, 2.75) is 23.8 Å². The molecule has 26 heavy (non-hydrogen) atoms. The molecule has 7 heteroatoms. The van der Waals surface area contributed by atoms with E-state index in [2.05, 4.69) is 10.6 Å². The standard InChI is InChI=1S/C19H21N3O3S/c23-18-12-26-17-6-5-13(10-14(17)21-18)19(24)20-11-15(16-4-3-9-25-16)22-7-1-2-8-22/h3-6,9-10,15H,1-2,7-8,11-12H2,(H,20,24)(H,21,23)/p+1/t15-/m0/s1. The van der Waals surface area contributed by atoms with Crippen molar-refractivity contribution in [1.82, 2.24) is 5.32 Å². The maximum Gasteiger partial charge on any atom is 0.251 e. The van der Waals surface area contributed by atoms with Crippen molar-refractivity contribution in [2.24, 2.45) is 0 Å². The summed E-state index contributed by atoms with van der Waals surface area (Å²) in [5, 5.41) is 5.87. The highest BCUT2D eigenvalue weighted by Crippen LogP contribution is 2.31. The van der Waals surface area contributed by atoms with E-state index in [4.69, 9.17) is 4.42 Å². The van der Waals surface area contributed by atoms with Crippen molar-refractivity contribution >= 4 is 29.3 Å². The fourth-order valence-corrected chi connectivity index (χ4v) is 4.42. The van der Waals surface area contributed by atoms with E-state index in [-0.39, 0.29) is 17.9 Å². The number of anilines is 1. The average molecular weight is 372 g/mol. The SMILES string of the molecule is O=C1CSc2ccc(C(=O)NC[C@@H](c3ccco3)[NH+]3CCCC3)cc2N1. The number of quaternary nitrogens is 1. The van der Waals surface area contributed by atoms with Crippen LogP contribution in [0.25, 0.3) is 0 Å². The number of thioether (sulfide) groups is 1. The summed E-state index contributed by atoms with van der Waals surface area (Å²) in [6.45, 7) is 2.73. The quantitative estimate of drug-likeness (QED) is 0.743. The minimum Gasteiger partial charge on any atom is -0.463 e. The number of hydrogen-bond donors (Lipinski definition) is 3. The predicted molar refractivity (Wildman–Crippen MR) is 99.5 cm³/mol. The van der Waals surface area contributed by atoms with Gasteiger partial charge in [-0.05, 0) is 30.3 Å². The number of furan rings is 1. The number of likely N-dealkylation sites (tertiary alicyclic amines) is 1. The summed E-state index contributed by atoms with van der Waals surface area (Å²) in [5.74, 6) is 1.17. The Balaban J connectivity index is 1.45. The Morgan fingerprint density at radius 1 is 1.31 bits per heavy atom. The molecule has 1 fully saturated rings. The summed E-state index contributed by atoms with van der Waals surface area (Å²) in [6.07, 6.45) is 4.11. The number of nitrogens with one attached hydrogen (secondary N) is 3. The average Bonchev–Trinajstić information content (AvgIpc) is 3.35. The molecule has 0 bridgehead atoms. The molecule has 2 amide bonds. The van der Waals surface area contributed by atoms with Crippen LogP contribution in [-0.4, -0.2) is 37.2 Å². The lowest BCUT2D eigenvalue weighted by atomic mass is 10.1. The van der Waals surface area contributed by atoms with Crippen molar-refractivity contribution in [3.05, 3.63) is 47.9 Å². The van der Waals surface area contributed by atoms with Crippen LogP contribution in [0.1, 0.15) is 35.0 Å². The molecule has 2 aliphatic heterocycles. The Morgan fingerprint density at radius 3 is 2.92 bits per heavy atom. The van der Waals surface area contributed by atoms with Gasteiger partial charge in [0, 0.05) is 23.3 Å². The third-order valence-corrected chi connectivity index (χ3v) is 6.04. The Hall–Kier alpha value is -2.25. The molecule has 3 heterocycles. The molecular formula is C19H22N3O3S+. The van der Waals surface area contributed by atoms with Gasteiger partial charge >= 0.3 is 0 Å². The fraction of sp³-hybridized carbons (Fsp3) is 0.368. The van der Waals surface area contributed by atoms with Crippen LogP contribution in [0.5, 0.6) is 0 Å². The minimum atomic E-state index is -0.132. The maximum absolute atomic E-state index is 12.6. The summed E-state index contributed by atoms with van der Waals surface area (Å²) in [6, 6.07) is 9.45. The molecule has 0 spiro atoms. The van der Waals surface area contributed by atoms with Crippen molar-refractivity contribution in [2.75, 3.05) is 30.7 Å². The zero-order chi connectivity index (χ0) is 17.9. The fourth-order valence-electron chi connectivity index (χ4n) is 3.63. The van der Waals surface area contributed by atoms with E-state index in [1.807, 2.05) is 24.3 Å². The first kappa shape index (κ1) is 17.2. The summed E-state index contributed by atoms with van der Waals surface area (Å²) >= 11 is 1.49. The van der Waals surface area contributed by atoms with Gasteiger partial charge in [-0.3, -0.25) is 9.59 Å². The van der Waals surface area contributed by atoms with Gasteiger partial charge in [-0.15, -0.1) is 11.8 Å². The highest BCUT2D eigenvalue weighted by atomic mass is 32.2. The number of carbonyl (C=O) groups excluding carboxylic acids is 2. The number of amides is 2. The second-order valence-electron chi connectivity index (χ2n) is 6.69. The first-order chi connectivity index (χ1) is 12.7. The smallest absolute Gasteiger partial charge is 0.251 e. The van der Waals surface area contributed by atoms with Gasteiger partial charge in [0.1, 0.15) is 0 Å². The Labute approximate surface area is 156 Å². The second kappa shape index (κ2) is 7.55. The lowest BCUT2D eigenvalue weighted by Crippen LogP contribution is -3.11. The summed E-state index contributed by atoms with van der Waals surface area (Å²) in [7, 11) is 0. The number of carbonyl (C=O) groups is 2. The largest absolute Gasteiger partial charge is 0.463 e.